The quantitative estimate of drug-likeness (QED) is 0.919. The van der Waals surface area contributed by atoms with Crippen LogP contribution in [-0.2, 0) is 6.54 Å². The van der Waals surface area contributed by atoms with Crippen LogP contribution < -0.4 is 5.32 Å². The van der Waals surface area contributed by atoms with Crippen LogP contribution in [0.25, 0.3) is 0 Å². The van der Waals surface area contributed by atoms with Gasteiger partial charge in [0, 0.05) is 30.2 Å². The van der Waals surface area contributed by atoms with Gasteiger partial charge in [-0.1, -0.05) is 48.0 Å². The first kappa shape index (κ1) is 16.3. The molecule has 2 aliphatic heterocycles. The minimum atomic E-state index is 0.0703. The molecule has 2 aromatic carbocycles. The Morgan fingerprint density at radius 2 is 1.64 bits per heavy atom. The first-order valence-corrected chi connectivity index (χ1v) is 9.36. The number of aryl methyl sites for hydroxylation is 1. The van der Waals surface area contributed by atoms with Crippen LogP contribution in [0.1, 0.15) is 47.2 Å². The second-order valence-corrected chi connectivity index (χ2v) is 7.55. The Bertz CT molecular complexity index is 711. The van der Waals surface area contributed by atoms with Crippen LogP contribution in [-0.4, -0.2) is 28.9 Å². The Morgan fingerprint density at radius 1 is 1.00 bits per heavy atom. The summed E-state index contributed by atoms with van der Waals surface area (Å²) >= 11 is 0. The molecule has 3 heteroatoms. The number of amides is 1. The highest BCUT2D eigenvalue weighted by atomic mass is 16.1. The number of nitrogens with one attached hydrogen (secondary N) is 1. The maximum absolute atomic E-state index is 12.5. The van der Waals surface area contributed by atoms with Gasteiger partial charge in [0.05, 0.1) is 0 Å². The van der Waals surface area contributed by atoms with E-state index in [0.717, 1.165) is 24.9 Å². The summed E-state index contributed by atoms with van der Waals surface area (Å²) in [6.07, 6.45) is 4.66. The van der Waals surface area contributed by atoms with Gasteiger partial charge in [-0.3, -0.25) is 9.69 Å². The average Bonchev–Trinajstić information content (AvgIpc) is 2.86. The van der Waals surface area contributed by atoms with Crippen molar-refractivity contribution in [3.63, 3.8) is 0 Å². The molecule has 2 fully saturated rings. The minimum Gasteiger partial charge on any atom is -0.349 e. The number of carbonyl (C=O) groups is 1. The molecule has 25 heavy (non-hydrogen) atoms. The molecule has 4 rings (SSSR count). The molecular weight excluding hydrogens is 308 g/mol. The van der Waals surface area contributed by atoms with E-state index in [1.54, 1.807) is 0 Å². The predicted molar refractivity (Wildman–Crippen MR) is 100 cm³/mol. The van der Waals surface area contributed by atoms with Gasteiger partial charge in [-0.2, -0.15) is 0 Å². The van der Waals surface area contributed by atoms with Crippen LogP contribution in [0.5, 0.6) is 0 Å². The van der Waals surface area contributed by atoms with Gasteiger partial charge in [0.2, 0.25) is 0 Å². The van der Waals surface area contributed by atoms with Gasteiger partial charge in [0.1, 0.15) is 0 Å². The van der Waals surface area contributed by atoms with Crippen LogP contribution in [0.2, 0.25) is 0 Å². The molecule has 2 aromatic rings. The molecule has 2 saturated heterocycles. The second-order valence-electron chi connectivity index (χ2n) is 7.55. The molecule has 2 heterocycles. The Balaban J connectivity index is 1.38. The van der Waals surface area contributed by atoms with E-state index in [9.17, 15) is 4.79 Å². The highest BCUT2D eigenvalue weighted by Gasteiger charge is 2.40. The third kappa shape index (κ3) is 3.62. The lowest BCUT2D eigenvalue weighted by Crippen LogP contribution is -2.49. The fraction of sp³-hybridized carbons (Fsp3) is 0.409. The van der Waals surface area contributed by atoms with Gasteiger partial charge in [-0.05, 0) is 50.3 Å². The van der Waals surface area contributed by atoms with E-state index in [-0.39, 0.29) is 5.91 Å². The third-order valence-corrected chi connectivity index (χ3v) is 5.74. The van der Waals surface area contributed by atoms with Crippen molar-refractivity contribution < 1.29 is 4.79 Å². The second kappa shape index (κ2) is 7.01. The van der Waals surface area contributed by atoms with Crippen molar-refractivity contribution in [1.82, 2.24) is 10.2 Å². The molecule has 2 atom stereocenters. The molecule has 2 aliphatic rings. The average molecular weight is 334 g/mol. The van der Waals surface area contributed by atoms with Gasteiger partial charge in [-0.15, -0.1) is 0 Å². The van der Waals surface area contributed by atoms with E-state index in [1.165, 1.54) is 24.0 Å². The predicted octanol–water partition coefficient (Wildman–Crippen LogP) is 3.92. The van der Waals surface area contributed by atoms with Crippen LogP contribution in [0.15, 0.2) is 54.6 Å². The highest BCUT2D eigenvalue weighted by molar-refractivity contribution is 5.94. The third-order valence-electron chi connectivity index (χ3n) is 5.74. The lowest BCUT2D eigenvalue weighted by atomic mass is 9.96. The van der Waals surface area contributed by atoms with Crippen LogP contribution in [0.3, 0.4) is 0 Å². The summed E-state index contributed by atoms with van der Waals surface area (Å²) in [5, 5.41) is 3.27. The zero-order valence-corrected chi connectivity index (χ0v) is 14.8. The number of fused-ring (bicyclic) bond motifs is 2. The molecule has 0 spiro atoms. The number of benzene rings is 2. The number of piperidine rings is 1. The smallest absolute Gasteiger partial charge is 0.251 e. The fourth-order valence-corrected chi connectivity index (χ4v) is 4.42. The SMILES string of the molecule is Cc1ccc(C(=O)NC2CC3CCC(C2)N3Cc2ccccc2)cc1. The van der Waals surface area contributed by atoms with Crippen molar-refractivity contribution in [2.45, 2.75) is 57.3 Å². The Morgan fingerprint density at radius 3 is 2.28 bits per heavy atom. The summed E-state index contributed by atoms with van der Waals surface area (Å²) in [5.74, 6) is 0.0703. The normalized spacial score (nSPS) is 25.7. The van der Waals surface area contributed by atoms with Gasteiger partial charge >= 0.3 is 0 Å². The highest BCUT2D eigenvalue weighted by Crippen LogP contribution is 2.36. The standard InChI is InChI=1S/C22H26N2O/c1-16-7-9-18(10-8-16)22(25)23-19-13-20-11-12-21(14-19)24(20)15-17-5-3-2-4-6-17/h2-10,19-21H,11-15H2,1H3,(H,23,25). The van der Waals surface area contributed by atoms with Gasteiger partial charge < -0.3 is 5.32 Å². The van der Waals surface area contributed by atoms with Crippen molar-refractivity contribution in [1.29, 1.82) is 0 Å². The Kier molecular flexibility index (Phi) is 4.58. The molecule has 0 aliphatic carbocycles. The fourth-order valence-electron chi connectivity index (χ4n) is 4.42. The van der Waals surface area contributed by atoms with E-state index in [1.807, 2.05) is 31.2 Å². The summed E-state index contributed by atoms with van der Waals surface area (Å²) in [4.78, 5) is 15.2. The summed E-state index contributed by atoms with van der Waals surface area (Å²) in [6, 6.07) is 20.1. The summed E-state index contributed by atoms with van der Waals surface area (Å²) in [5.41, 5.74) is 3.34. The van der Waals surface area contributed by atoms with Crippen molar-refractivity contribution in [2.75, 3.05) is 0 Å². The summed E-state index contributed by atoms with van der Waals surface area (Å²) < 4.78 is 0. The molecule has 2 bridgehead atoms. The molecule has 1 amide bonds. The molecule has 0 radical (unpaired) electrons. The Labute approximate surface area is 150 Å². The minimum absolute atomic E-state index is 0.0703. The van der Waals surface area contributed by atoms with Crippen molar-refractivity contribution >= 4 is 5.91 Å². The van der Waals surface area contributed by atoms with Crippen molar-refractivity contribution in [3.8, 4) is 0 Å². The molecule has 3 nitrogen and oxygen atoms in total. The number of carbonyl (C=O) groups excluding carboxylic acids is 1. The van der Waals surface area contributed by atoms with Gasteiger partial charge in [0.25, 0.3) is 5.91 Å². The molecule has 0 aromatic heterocycles. The van der Waals surface area contributed by atoms with Crippen molar-refractivity contribution in [2.24, 2.45) is 0 Å². The van der Waals surface area contributed by atoms with Gasteiger partial charge in [-0.25, -0.2) is 0 Å². The van der Waals surface area contributed by atoms with Crippen molar-refractivity contribution in [3.05, 3.63) is 71.3 Å². The lowest BCUT2D eigenvalue weighted by molar-refractivity contribution is 0.0828. The first-order valence-electron chi connectivity index (χ1n) is 9.36. The van der Waals surface area contributed by atoms with E-state index < -0.39 is 0 Å². The molecule has 2 unspecified atom stereocenters. The molecular formula is C22H26N2O. The Hall–Kier alpha value is -2.13. The van der Waals surface area contributed by atoms with Crippen LogP contribution >= 0.6 is 0 Å². The number of nitrogens with zero attached hydrogens (tertiary/aromatic N) is 1. The zero-order chi connectivity index (χ0) is 17.2. The number of hydrogen-bond donors (Lipinski definition) is 1. The topological polar surface area (TPSA) is 32.3 Å². The maximum atomic E-state index is 12.5. The van der Waals surface area contributed by atoms with E-state index in [0.29, 0.717) is 18.1 Å². The van der Waals surface area contributed by atoms with Crippen LogP contribution in [0, 0.1) is 6.92 Å². The summed E-state index contributed by atoms with van der Waals surface area (Å²) in [6.45, 7) is 3.08. The lowest BCUT2D eigenvalue weighted by Gasteiger charge is -2.39. The number of hydrogen-bond acceptors (Lipinski definition) is 2. The van der Waals surface area contributed by atoms with E-state index >= 15 is 0 Å². The molecule has 1 N–H and O–H groups in total. The van der Waals surface area contributed by atoms with Gasteiger partial charge in [0.15, 0.2) is 0 Å². The summed E-state index contributed by atoms with van der Waals surface area (Å²) in [7, 11) is 0. The molecule has 130 valence electrons. The maximum Gasteiger partial charge on any atom is 0.251 e. The van der Waals surface area contributed by atoms with E-state index in [2.05, 4.69) is 40.5 Å². The van der Waals surface area contributed by atoms with E-state index in [4.69, 9.17) is 0 Å². The number of rotatable bonds is 4. The molecule has 0 saturated carbocycles. The first-order chi connectivity index (χ1) is 12.2. The monoisotopic (exact) mass is 334 g/mol. The van der Waals surface area contributed by atoms with Crippen LogP contribution in [0.4, 0.5) is 0 Å². The zero-order valence-electron chi connectivity index (χ0n) is 14.8. The largest absolute Gasteiger partial charge is 0.349 e.